The number of benzene rings is 1. The molecule has 0 radical (unpaired) electrons. The van der Waals surface area contributed by atoms with Gasteiger partial charge in [-0.3, -0.25) is 0 Å². The summed E-state index contributed by atoms with van der Waals surface area (Å²) in [5.41, 5.74) is 1.02. The van der Waals surface area contributed by atoms with E-state index in [1.807, 2.05) is 30.3 Å². The molecule has 1 aromatic rings. The van der Waals surface area contributed by atoms with Crippen molar-refractivity contribution in [2.75, 3.05) is 27.2 Å². The fourth-order valence-corrected chi connectivity index (χ4v) is 1.58. The van der Waals surface area contributed by atoms with Crippen LogP contribution in [0.25, 0.3) is 0 Å². The predicted octanol–water partition coefficient (Wildman–Crippen LogP) is 1.55. The summed E-state index contributed by atoms with van der Waals surface area (Å²) in [6.45, 7) is 2.12. The summed E-state index contributed by atoms with van der Waals surface area (Å²) in [5.74, 6) is 1.05. The smallest absolute Gasteiger partial charge is 0.201 e. The second-order valence-electron chi connectivity index (χ2n) is 3.59. The number of hydrogen-bond donors (Lipinski definition) is 0. The molecule has 2 rings (SSSR count). The Kier molecular flexibility index (Phi) is 2.39. The summed E-state index contributed by atoms with van der Waals surface area (Å²) in [7, 11) is 4.15. The van der Waals surface area contributed by atoms with Crippen LogP contribution in [-0.2, 0) is 0 Å². The zero-order valence-electron chi connectivity index (χ0n) is 8.64. The van der Waals surface area contributed by atoms with E-state index in [2.05, 4.69) is 28.9 Å². The third-order valence-corrected chi connectivity index (χ3v) is 2.44. The van der Waals surface area contributed by atoms with Crippen LogP contribution < -0.4 is 0 Å². The first-order valence-corrected chi connectivity index (χ1v) is 4.83. The fraction of sp³-hybridized carbons (Fsp3) is 0.364. The lowest BCUT2D eigenvalue weighted by Gasteiger charge is -2.15. The standard InChI is InChI=1S/C11H15N3/c1-13-8-9-14(2)11(13)12-10-6-4-3-5-7-10/h3-7H,8-9H2,1-2H3. The van der Waals surface area contributed by atoms with Crippen LogP contribution in [0.1, 0.15) is 0 Å². The van der Waals surface area contributed by atoms with Gasteiger partial charge in [0.25, 0.3) is 0 Å². The first kappa shape index (κ1) is 9.06. The minimum atomic E-state index is 1.02. The van der Waals surface area contributed by atoms with Gasteiger partial charge in [-0.05, 0) is 12.1 Å². The number of likely N-dealkylation sites (N-methyl/N-ethyl adjacent to an activating group) is 2. The van der Waals surface area contributed by atoms with Crippen LogP contribution in [0.15, 0.2) is 35.3 Å². The van der Waals surface area contributed by atoms with Gasteiger partial charge in [0.1, 0.15) is 0 Å². The fourth-order valence-electron chi connectivity index (χ4n) is 1.58. The van der Waals surface area contributed by atoms with Crippen molar-refractivity contribution in [3.05, 3.63) is 30.3 Å². The Balaban J connectivity index is 2.26. The van der Waals surface area contributed by atoms with Crippen LogP contribution in [-0.4, -0.2) is 42.9 Å². The molecule has 1 saturated heterocycles. The number of hydrogen-bond acceptors (Lipinski definition) is 1. The van der Waals surface area contributed by atoms with E-state index in [1.165, 1.54) is 0 Å². The van der Waals surface area contributed by atoms with Crippen molar-refractivity contribution in [2.45, 2.75) is 0 Å². The number of para-hydroxylation sites is 1. The Morgan fingerprint density at radius 2 is 1.57 bits per heavy atom. The molecule has 0 unspecified atom stereocenters. The molecule has 0 N–H and O–H groups in total. The van der Waals surface area contributed by atoms with Gasteiger partial charge in [0.15, 0.2) is 0 Å². The van der Waals surface area contributed by atoms with Crippen molar-refractivity contribution in [2.24, 2.45) is 4.99 Å². The second-order valence-corrected chi connectivity index (χ2v) is 3.59. The third-order valence-electron chi connectivity index (χ3n) is 2.44. The predicted molar refractivity (Wildman–Crippen MR) is 58.8 cm³/mol. The van der Waals surface area contributed by atoms with Gasteiger partial charge in [0.2, 0.25) is 5.96 Å². The summed E-state index contributed by atoms with van der Waals surface area (Å²) >= 11 is 0. The SMILES string of the molecule is CN1CCN(C)C1=Nc1ccccc1. The van der Waals surface area contributed by atoms with E-state index in [-0.39, 0.29) is 0 Å². The highest BCUT2D eigenvalue weighted by Crippen LogP contribution is 2.14. The zero-order chi connectivity index (χ0) is 9.97. The largest absolute Gasteiger partial charge is 0.344 e. The molecule has 14 heavy (non-hydrogen) atoms. The van der Waals surface area contributed by atoms with E-state index in [0.29, 0.717) is 0 Å². The Bertz CT molecular complexity index is 320. The molecule has 1 aromatic carbocycles. The topological polar surface area (TPSA) is 18.8 Å². The normalized spacial score (nSPS) is 16.3. The van der Waals surface area contributed by atoms with Crippen LogP contribution in [0, 0.1) is 0 Å². The molecule has 0 atom stereocenters. The van der Waals surface area contributed by atoms with E-state index < -0.39 is 0 Å². The monoisotopic (exact) mass is 189 g/mol. The quantitative estimate of drug-likeness (QED) is 0.667. The number of nitrogens with zero attached hydrogens (tertiary/aromatic N) is 3. The molecule has 0 bridgehead atoms. The summed E-state index contributed by atoms with van der Waals surface area (Å²) in [6.07, 6.45) is 0. The minimum Gasteiger partial charge on any atom is -0.344 e. The second kappa shape index (κ2) is 3.70. The van der Waals surface area contributed by atoms with Gasteiger partial charge in [-0.2, -0.15) is 0 Å². The van der Waals surface area contributed by atoms with Crippen molar-refractivity contribution in [3.63, 3.8) is 0 Å². The van der Waals surface area contributed by atoms with Crippen LogP contribution >= 0.6 is 0 Å². The molecular weight excluding hydrogens is 174 g/mol. The molecule has 1 aliphatic heterocycles. The van der Waals surface area contributed by atoms with Crippen molar-refractivity contribution in [1.29, 1.82) is 0 Å². The van der Waals surface area contributed by atoms with Gasteiger partial charge in [0.05, 0.1) is 5.69 Å². The average molecular weight is 189 g/mol. The van der Waals surface area contributed by atoms with Gasteiger partial charge in [-0.25, -0.2) is 4.99 Å². The summed E-state index contributed by atoms with van der Waals surface area (Å²) in [5, 5.41) is 0. The first-order valence-electron chi connectivity index (χ1n) is 4.83. The maximum Gasteiger partial charge on any atom is 0.201 e. The molecule has 3 nitrogen and oxygen atoms in total. The molecule has 0 saturated carbocycles. The van der Waals surface area contributed by atoms with Crippen LogP contribution in [0.4, 0.5) is 5.69 Å². The average Bonchev–Trinajstić information content (AvgIpc) is 2.51. The lowest BCUT2D eigenvalue weighted by atomic mass is 10.3. The van der Waals surface area contributed by atoms with Gasteiger partial charge in [-0.15, -0.1) is 0 Å². The van der Waals surface area contributed by atoms with E-state index in [0.717, 1.165) is 24.7 Å². The summed E-state index contributed by atoms with van der Waals surface area (Å²) < 4.78 is 0. The van der Waals surface area contributed by atoms with Crippen LogP contribution in [0.3, 0.4) is 0 Å². The first-order chi connectivity index (χ1) is 6.77. The van der Waals surface area contributed by atoms with Crippen molar-refractivity contribution in [1.82, 2.24) is 9.80 Å². The van der Waals surface area contributed by atoms with Gasteiger partial charge in [0, 0.05) is 27.2 Å². The van der Waals surface area contributed by atoms with E-state index in [4.69, 9.17) is 0 Å². The highest BCUT2D eigenvalue weighted by Gasteiger charge is 2.19. The summed E-state index contributed by atoms with van der Waals surface area (Å²) in [6, 6.07) is 10.1. The van der Waals surface area contributed by atoms with Gasteiger partial charge >= 0.3 is 0 Å². The highest BCUT2D eigenvalue weighted by atomic mass is 15.4. The molecule has 1 fully saturated rings. The molecule has 3 heteroatoms. The van der Waals surface area contributed by atoms with Gasteiger partial charge in [-0.1, -0.05) is 18.2 Å². The molecule has 1 heterocycles. The molecule has 0 aromatic heterocycles. The zero-order valence-corrected chi connectivity index (χ0v) is 8.64. The minimum absolute atomic E-state index is 1.02. The van der Waals surface area contributed by atoms with Crippen molar-refractivity contribution >= 4 is 11.6 Å². The number of aliphatic imine (C=N–C) groups is 1. The molecule has 1 aliphatic rings. The Morgan fingerprint density at radius 1 is 1.00 bits per heavy atom. The lowest BCUT2D eigenvalue weighted by Crippen LogP contribution is -2.27. The molecule has 74 valence electrons. The number of guanidine groups is 1. The van der Waals surface area contributed by atoms with Crippen molar-refractivity contribution in [3.8, 4) is 0 Å². The highest BCUT2D eigenvalue weighted by molar-refractivity contribution is 5.84. The molecule has 0 spiro atoms. The third kappa shape index (κ3) is 1.71. The van der Waals surface area contributed by atoms with Crippen LogP contribution in [0.5, 0.6) is 0 Å². The Morgan fingerprint density at radius 3 is 2.14 bits per heavy atom. The van der Waals surface area contributed by atoms with E-state index >= 15 is 0 Å². The maximum atomic E-state index is 4.59. The Hall–Kier alpha value is -1.51. The summed E-state index contributed by atoms with van der Waals surface area (Å²) in [4.78, 5) is 8.94. The molecule has 0 amide bonds. The van der Waals surface area contributed by atoms with E-state index in [9.17, 15) is 0 Å². The van der Waals surface area contributed by atoms with Crippen LogP contribution in [0.2, 0.25) is 0 Å². The number of rotatable bonds is 1. The lowest BCUT2D eigenvalue weighted by molar-refractivity contribution is 0.553. The molecular formula is C11H15N3. The maximum absolute atomic E-state index is 4.59. The van der Waals surface area contributed by atoms with Gasteiger partial charge < -0.3 is 9.80 Å². The van der Waals surface area contributed by atoms with Crippen molar-refractivity contribution < 1.29 is 0 Å². The van der Waals surface area contributed by atoms with E-state index in [1.54, 1.807) is 0 Å². The molecule has 0 aliphatic carbocycles. The Labute approximate surface area is 84.7 Å².